The van der Waals surface area contributed by atoms with Crippen LogP contribution in [0.25, 0.3) is 0 Å². The molecule has 1 fully saturated rings. The first-order chi connectivity index (χ1) is 10.5. The van der Waals surface area contributed by atoms with E-state index in [1.807, 2.05) is 24.6 Å². The van der Waals surface area contributed by atoms with Crippen LogP contribution in [0.4, 0.5) is 10.7 Å². The fraction of sp³-hybridized carbons (Fsp3) is 0.600. The molecule has 1 atom stereocenters. The van der Waals surface area contributed by atoms with E-state index in [2.05, 4.69) is 16.5 Å². The molecular weight excluding hydrogens is 282 g/mol. The van der Waals surface area contributed by atoms with Gasteiger partial charge in [0.15, 0.2) is 0 Å². The lowest BCUT2D eigenvalue weighted by atomic mass is 10.1. The molecular formula is C15H22N5O2+. The van der Waals surface area contributed by atoms with Crippen LogP contribution in [0.3, 0.4) is 0 Å². The molecule has 0 saturated carbocycles. The van der Waals surface area contributed by atoms with Crippen molar-refractivity contribution in [1.82, 2.24) is 14.4 Å². The molecule has 2 aliphatic rings. The molecule has 0 N–H and O–H groups in total. The Bertz CT molecular complexity index is 676. The molecule has 0 aromatic carbocycles. The number of carbonyl (C=O) groups is 2. The number of imide groups is 1. The van der Waals surface area contributed by atoms with Crippen LogP contribution in [0.15, 0.2) is 11.2 Å². The second-order valence-corrected chi connectivity index (χ2v) is 5.78. The third-order valence-corrected chi connectivity index (χ3v) is 4.37. The number of carbonyl (C=O) groups excluding carboxylic acids is 2. The number of likely N-dealkylation sites (N-methyl/N-ethyl adjacent to an activating group) is 2. The van der Waals surface area contributed by atoms with E-state index < -0.39 is 6.04 Å². The van der Waals surface area contributed by atoms with Gasteiger partial charge in [-0.05, 0) is 20.3 Å². The van der Waals surface area contributed by atoms with Crippen molar-refractivity contribution in [2.45, 2.75) is 46.2 Å². The Kier molecular flexibility index (Phi) is 3.50. The fourth-order valence-electron chi connectivity index (χ4n) is 3.11. The molecule has 0 spiro atoms. The monoisotopic (exact) mass is 304 g/mol. The first kappa shape index (κ1) is 14.7. The van der Waals surface area contributed by atoms with Crippen LogP contribution in [0.2, 0.25) is 0 Å². The summed E-state index contributed by atoms with van der Waals surface area (Å²) in [5.74, 6) is 1.09. The van der Waals surface area contributed by atoms with Crippen molar-refractivity contribution < 1.29 is 14.2 Å². The molecule has 1 aromatic heterocycles. The highest BCUT2D eigenvalue weighted by Crippen LogP contribution is 2.29. The molecule has 3 amide bonds. The molecule has 1 saturated heterocycles. The summed E-state index contributed by atoms with van der Waals surface area (Å²) in [6, 6.07) is -0.815. The zero-order chi connectivity index (χ0) is 16.0. The van der Waals surface area contributed by atoms with Gasteiger partial charge in [-0.25, -0.2) is 13.9 Å². The molecule has 3 heterocycles. The third-order valence-electron chi connectivity index (χ3n) is 4.37. The average molecular weight is 304 g/mol. The molecule has 0 aliphatic carbocycles. The largest absolute Gasteiger partial charge is 0.401 e. The number of aliphatic imine (C=N–C) groups is 1. The summed E-state index contributed by atoms with van der Waals surface area (Å²) >= 11 is 0. The van der Waals surface area contributed by atoms with E-state index in [1.165, 1.54) is 9.80 Å². The van der Waals surface area contributed by atoms with Crippen LogP contribution in [0.5, 0.6) is 0 Å². The Labute approximate surface area is 129 Å². The van der Waals surface area contributed by atoms with Crippen molar-refractivity contribution in [3.05, 3.63) is 11.9 Å². The third kappa shape index (κ3) is 1.88. The van der Waals surface area contributed by atoms with Crippen LogP contribution < -0.4 is 4.57 Å². The van der Waals surface area contributed by atoms with Gasteiger partial charge in [0.1, 0.15) is 11.9 Å². The molecule has 0 radical (unpaired) electrons. The van der Waals surface area contributed by atoms with Crippen molar-refractivity contribution in [1.29, 1.82) is 0 Å². The molecule has 3 rings (SSSR count). The molecule has 2 aliphatic heterocycles. The number of amidine groups is 1. The van der Waals surface area contributed by atoms with Crippen LogP contribution >= 0.6 is 0 Å². The van der Waals surface area contributed by atoms with Gasteiger partial charge in [-0.15, -0.1) is 0 Å². The molecule has 1 unspecified atom stereocenters. The quantitative estimate of drug-likeness (QED) is 0.789. The normalized spacial score (nSPS) is 20.4. The minimum Gasteiger partial charge on any atom is -0.270 e. The van der Waals surface area contributed by atoms with Crippen LogP contribution in [-0.4, -0.2) is 45.7 Å². The summed E-state index contributed by atoms with van der Waals surface area (Å²) in [5, 5.41) is 0. The lowest BCUT2D eigenvalue weighted by Gasteiger charge is -2.32. The van der Waals surface area contributed by atoms with Crippen molar-refractivity contribution in [2.24, 2.45) is 4.99 Å². The summed E-state index contributed by atoms with van der Waals surface area (Å²) in [4.78, 5) is 32.3. The smallest absolute Gasteiger partial charge is 0.270 e. The molecule has 118 valence electrons. The van der Waals surface area contributed by atoms with Gasteiger partial charge in [-0.1, -0.05) is 18.3 Å². The van der Waals surface area contributed by atoms with E-state index in [0.29, 0.717) is 12.4 Å². The Morgan fingerprint density at radius 1 is 1.32 bits per heavy atom. The summed E-state index contributed by atoms with van der Waals surface area (Å²) in [6.07, 6.45) is 4.11. The topological polar surface area (TPSA) is 61.8 Å². The number of imidazole rings is 1. The van der Waals surface area contributed by atoms with E-state index in [9.17, 15) is 9.59 Å². The summed E-state index contributed by atoms with van der Waals surface area (Å²) < 4.78 is 4.02. The number of aromatic nitrogens is 2. The molecule has 0 bridgehead atoms. The van der Waals surface area contributed by atoms with Crippen LogP contribution in [0.1, 0.15) is 38.4 Å². The van der Waals surface area contributed by atoms with Gasteiger partial charge in [-0.3, -0.25) is 14.6 Å². The minimum atomic E-state index is -0.515. The number of unbranched alkanes of at least 4 members (excludes halogenated alkanes) is 1. The Hall–Kier alpha value is -2.18. The van der Waals surface area contributed by atoms with Gasteiger partial charge in [0, 0.05) is 13.6 Å². The van der Waals surface area contributed by atoms with Crippen LogP contribution in [-0.2, 0) is 11.3 Å². The van der Waals surface area contributed by atoms with Gasteiger partial charge in [0.05, 0.1) is 6.54 Å². The standard InChI is InChI=1S/C15H22N5O2/c1-5-7-8-19-10(3)9-20-11-12(16-14(19)20)17(4)15(22)18(6-2)13(11)21/h9,11H,5-8H2,1-4H3/q+1. The number of fused-ring (bicyclic) bond motifs is 3. The summed E-state index contributed by atoms with van der Waals surface area (Å²) in [6.45, 7) is 7.22. The zero-order valence-electron chi connectivity index (χ0n) is 13.5. The summed E-state index contributed by atoms with van der Waals surface area (Å²) in [5.41, 5.74) is 1.08. The SMILES string of the molecule is CCCCn1c(C)c[n+]2c1N=C1C2C(=O)N(CC)C(=O)N1C. The van der Waals surface area contributed by atoms with E-state index in [0.717, 1.165) is 31.0 Å². The highest BCUT2D eigenvalue weighted by Gasteiger charge is 2.52. The molecule has 7 nitrogen and oxygen atoms in total. The number of rotatable bonds is 4. The predicted molar refractivity (Wildman–Crippen MR) is 81.0 cm³/mol. The fourth-order valence-corrected chi connectivity index (χ4v) is 3.11. The summed E-state index contributed by atoms with van der Waals surface area (Å²) in [7, 11) is 1.68. The highest BCUT2D eigenvalue weighted by molar-refractivity contribution is 6.19. The first-order valence-electron chi connectivity index (χ1n) is 7.80. The lowest BCUT2D eigenvalue weighted by Crippen LogP contribution is -2.62. The Morgan fingerprint density at radius 2 is 2.05 bits per heavy atom. The number of aryl methyl sites for hydroxylation is 1. The first-order valence-corrected chi connectivity index (χ1v) is 7.80. The van der Waals surface area contributed by atoms with Gasteiger partial charge in [-0.2, -0.15) is 0 Å². The maximum absolute atomic E-state index is 12.7. The number of hydrogen-bond donors (Lipinski definition) is 0. The van der Waals surface area contributed by atoms with Crippen molar-refractivity contribution in [3.63, 3.8) is 0 Å². The van der Waals surface area contributed by atoms with Gasteiger partial charge < -0.3 is 0 Å². The Balaban J connectivity index is 2.07. The van der Waals surface area contributed by atoms with Gasteiger partial charge in [0.25, 0.3) is 5.91 Å². The van der Waals surface area contributed by atoms with E-state index >= 15 is 0 Å². The van der Waals surface area contributed by atoms with Crippen LogP contribution in [0, 0.1) is 6.92 Å². The lowest BCUT2D eigenvalue weighted by molar-refractivity contribution is -0.677. The number of urea groups is 1. The number of nitrogens with zero attached hydrogens (tertiary/aromatic N) is 5. The zero-order valence-corrected chi connectivity index (χ0v) is 13.5. The van der Waals surface area contributed by atoms with Crippen molar-refractivity contribution in [2.75, 3.05) is 13.6 Å². The molecule has 22 heavy (non-hydrogen) atoms. The predicted octanol–water partition coefficient (Wildman–Crippen LogP) is 1.38. The Morgan fingerprint density at radius 3 is 2.68 bits per heavy atom. The highest BCUT2D eigenvalue weighted by atomic mass is 16.2. The maximum Gasteiger partial charge on any atom is 0.401 e. The molecule has 1 aromatic rings. The molecule has 7 heteroatoms. The minimum absolute atomic E-state index is 0.194. The van der Waals surface area contributed by atoms with Gasteiger partial charge in [0.2, 0.25) is 11.9 Å². The van der Waals surface area contributed by atoms with Gasteiger partial charge >= 0.3 is 12.0 Å². The van der Waals surface area contributed by atoms with Crippen molar-refractivity contribution >= 4 is 23.7 Å². The average Bonchev–Trinajstić information content (AvgIpc) is 2.99. The second kappa shape index (κ2) is 5.23. The van der Waals surface area contributed by atoms with E-state index in [1.54, 1.807) is 7.05 Å². The van der Waals surface area contributed by atoms with E-state index in [-0.39, 0.29) is 11.9 Å². The van der Waals surface area contributed by atoms with E-state index in [4.69, 9.17) is 0 Å². The van der Waals surface area contributed by atoms with Crippen molar-refractivity contribution in [3.8, 4) is 0 Å². The maximum atomic E-state index is 12.7. The number of amides is 3. The second-order valence-electron chi connectivity index (χ2n) is 5.78. The number of hydrogen-bond acceptors (Lipinski definition) is 3.